The van der Waals surface area contributed by atoms with Crippen LogP contribution in [0.25, 0.3) is 0 Å². The van der Waals surface area contributed by atoms with Crippen LogP contribution in [-0.2, 0) is 17.7 Å². The van der Waals surface area contributed by atoms with Gasteiger partial charge in [0.05, 0.1) is 5.60 Å². The highest BCUT2D eigenvalue weighted by molar-refractivity contribution is 4.96. The summed E-state index contributed by atoms with van der Waals surface area (Å²) in [7, 11) is 1.70. The Balaban J connectivity index is 2.74. The van der Waals surface area contributed by atoms with Gasteiger partial charge in [-0.05, 0) is 20.3 Å². The monoisotopic (exact) mass is 226 g/mol. The van der Waals surface area contributed by atoms with Gasteiger partial charge < -0.3 is 10.5 Å². The molecule has 2 N–H and O–H groups in total. The normalized spacial score (nSPS) is 17.1. The van der Waals surface area contributed by atoms with E-state index < -0.39 is 0 Å². The number of rotatable bonds is 6. The molecule has 5 nitrogen and oxygen atoms in total. The summed E-state index contributed by atoms with van der Waals surface area (Å²) in [5, 5.41) is 4.13. The predicted molar refractivity (Wildman–Crippen MR) is 63.1 cm³/mol. The molecular weight excluding hydrogens is 204 g/mol. The fourth-order valence-electron chi connectivity index (χ4n) is 1.68. The van der Waals surface area contributed by atoms with Crippen LogP contribution in [-0.4, -0.2) is 33.5 Å². The second kappa shape index (κ2) is 5.41. The molecule has 1 aromatic rings. The van der Waals surface area contributed by atoms with Crippen LogP contribution in [0, 0.1) is 0 Å². The van der Waals surface area contributed by atoms with E-state index in [0.717, 1.165) is 18.8 Å². The Morgan fingerprint density at radius 2 is 2.25 bits per heavy atom. The van der Waals surface area contributed by atoms with Gasteiger partial charge in [0.15, 0.2) is 0 Å². The molecule has 1 aromatic heterocycles. The minimum absolute atomic E-state index is 0.0722. The molecule has 5 heteroatoms. The molecule has 0 bridgehead atoms. The van der Waals surface area contributed by atoms with Crippen LogP contribution < -0.4 is 5.73 Å². The van der Waals surface area contributed by atoms with Crippen molar-refractivity contribution in [2.75, 3.05) is 7.11 Å². The average molecular weight is 226 g/mol. The average Bonchev–Trinajstić information content (AvgIpc) is 2.75. The van der Waals surface area contributed by atoms with E-state index in [0.29, 0.717) is 6.42 Å². The summed E-state index contributed by atoms with van der Waals surface area (Å²) in [6.45, 7) is 6.97. The van der Waals surface area contributed by atoms with Crippen molar-refractivity contribution in [3.8, 4) is 0 Å². The molecule has 0 spiro atoms. The van der Waals surface area contributed by atoms with E-state index in [-0.39, 0.29) is 11.6 Å². The molecule has 0 aliphatic heterocycles. The highest BCUT2D eigenvalue weighted by Gasteiger charge is 2.30. The molecule has 2 atom stereocenters. The second-order valence-electron chi connectivity index (χ2n) is 4.17. The zero-order valence-corrected chi connectivity index (χ0v) is 10.6. The maximum atomic E-state index is 6.18. The van der Waals surface area contributed by atoms with Crippen LogP contribution >= 0.6 is 0 Å². The van der Waals surface area contributed by atoms with E-state index in [1.807, 2.05) is 18.5 Å². The molecule has 0 aliphatic rings. The molecule has 2 unspecified atom stereocenters. The van der Waals surface area contributed by atoms with Gasteiger partial charge in [-0.1, -0.05) is 6.92 Å². The molecule has 0 saturated carbocycles. The van der Waals surface area contributed by atoms with Crippen LogP contribution in [0.4, 0.5) is 0 Å². The summed E-state index contributed by atoms with van der Waals surface area (Å²) in [5.41, 5.74) is 5.88. The summed E-state index contributed by atoms with van der Waals surface area (Å²) < 4.78 is 7.36. The lowest BCUT2D eigenvalue weighted by Crippen LogP contribution is -2.48. The van der Waals surface area contributed by atoms with E-state index in [9.17, 15) is 0 Å². The summed E-state index contributed by atoms with van der Waals surface area (Å²) in [6.07, 6.45) is 3.14. The van der Waals surface area contributed by atoms with Gasteiger partial charge in [-0.3, -0.25) is 4.68 Å². The third-order valence-electron chi connectivity index (χ3n) is 3.35. The summed E-state index contributed by atoms with van der Waals surface area (Å²) in [5.74, 6) is 0.923. The van der Waals surface area contributed by atoms with Gasteiger partial charge in [0.25, 0.3) is 0 Å². The number of aromatic nitrogens is 3. The Hall–Kier alpha value is -0.940. The van der Waals surface area contributed by atoms with Crippen molar-refractivity contribution in [2.45, 2.75) is 51.8 Å². The van der Waals surface area contributed by atoms with Crippen LogP contribution in [0.5, 0.6) is 0 Å². The maximum Gasteiger partial charge on any atom is 0.138 e. The number of nitrogens with two attached hydrogens (primary N) is 1. The quantitative estimate of drug-likeness (QED) is 0.785. The van der Waals surface area contributed by atoms with Gasteiger partial charge in [0.2, 0.25) is 0 Å². The first-order chi connectivity index (χ1) is 7.57. The van der Waals surface area contributed by atoms with E-state index in [1.54, 1.807) is 13.4 Å². The van der Waals surface area contributed by atoms with E-state index in [1.165, 1.54) is 0 Å². The Bertz CT molecular complexity index is 320. The van der Waals surface area contributed by atoms with Crippen molar-refractivity contribution in [3.63, 3.8) is 0 Å². The van der Waals surface area contributed by atoms with Crippen LogP contribution in [0.15, 0.2) is 6.33 Å². The molecule has 0 saturated heterocycles. The zero-order chi connectivity index (χ0) is 12.2. The van der Waals surface area contributed by atoms with Crippen molar-refractivity contribution in [1.29, 1.82) is 0 Å². The molecule has 0 aromatic carbocycles. The van der Waals surface area contributed by atoms with Gasteiger partial charge >= 0.3 is 0 Å². The Kier molecular flexibility index (Phi) is 4.44. The third kappa shape index (κ3) is 2.59. The maximum absolute atomic E-state index is 6.18. The fraction of sp³-hybridized carbons (Fsp3) is 0.818. The van der Waals surface area contributed by atoms with Gasteiger partial charge in [-0.25, -0.2) is 4.98 Å². The second-order valence-corrected chi connectivity index (χ2v) is 4.17. The van der Waals surface area contributed by atoms with Gasteiger partial charge in [0, 0.05) is 26.1 Å². The first kappa shape index (κ1) is 13.1. The number of methoxy groups -OCH3 is 1. The number of ether oxygens (including phenoxy) is 1. The predicted octanol–water partition coefficient (Wildman–Crippen LogP) is 0.983. The molecule has 0 fully saturated rings. The van der Waals surface area contributed by atoms with Gasteiger partial charge in [-0.2, -0.15) is 5.10 Å². The molecule has 0 radical (unpaired) electrons. The lowest BCUT2D eigenvalue weighted by molar-refractivity contribution is -0.0191. The lowest BCUT2D eigenvalue weighted by atomic mass is 9.91. The van der Waals surface area contributed by atoms with Crippen molar-refractivity contribution in [1.82, 2.24) is 14.8 Å². The number of hydrogen-bond acceptors (Lipinski definition) is 4. The summed E-state index contributed by atoms with van der Waals surface area (Å²) in [4.78, 5) is 4.23. The highest BCUT2D eigenvalue weighted by Crippen LogP contribution is 2.20. The van der Waals surface area contributed by atoms with Crippen molar-refractivity contribution < 1.29 is 4.74 Å². The summed E-state index contributed by atoms with van der Waals surface area (Å²) in [6, 6.07) is -0.0722. The SMILES string of the molecule is CCn1ncnc1CC(N)C(C)(CC)OC. The molecule has 0 aliphatic carbocycles. The molecular formula is C11H22N4O. The fourth-order valence-corrected chi connectivity index (χ4v) is 1.68. The minimum Gasteiger partial charge on any atom is -0.377 e. The Morgan fingerprint density at radius 1 is 1.56 bits per heavy atom. The number of aryl methyl sites for hydroxylation is 1. The number of nitrogens with zero attached hydrogens (tertiary/aromatic N) is 3. The highest BCUT2D eigenvalue weighted by atomic mass is 16.5. The van der Waals surface area contributed by atoms with Crippen molar-refractivity contribution in [3.05, 3.63) is 12.2 Å². The van der Waals surface area contributed by atoms with Crippen molar-refractivity contribution >= 4 is 0 Å². The summed E-state index contributed by atoms with van der Waals surface area (Å²) >= 11 is 0. The molecule has 92 valence electrons. The Labute approximate surface area is 97.0 Å². The zero-order valence-electron chi connectivity index (χ0n) is 10.6. The van der Waals surface area contributed by atoms with Crippen molar-refractivity contribution in [2.24, 2.45) is 5.73 Å². The molecule has 16 heavy (non-hydrogen) atoms. The number of hydrogen-bond donors (Lipinski definition) is 1. The Morgan fingerprint density at radius 3 is 2.75 bits per heavy atom. The van der Waals surface area contributed by atoms with Crippen LogP contribution in [0.1, 0.15) is 33.0 Å². The van der Waals surface area contributed by atoms with Gasteiger partial charge in [-0.15, -0.1) is 0 Å². The van der Waals surface area contributed by atoms with E-state index >= 15 is 0 Å². The molecule has 0 amide bonds. The van der Waals surface area contributed by atoms with Gasteiger partial charge in [0.1, 0.15) is 12.2 Å². The largest absolute Gasteiger partial charge is 0.377 e. The first-order valence-corrected chi connectivity index (χ1v) is 5.74. The lowest BCUT2D eigenvalue weighted by Gasteiger charge is -2.32. The standard InChI is InChI=1S/C11H22N4O/c1-5-11(3,16-4)9(12)7-10-13-8-14-15(10)6-2/h8-9H,5-7,12H2,1-4H3. The van der Waals surface area contributed by atoms with Crippen LogP contribution in [0.2, 0.25) is 0 Å². The minimum atomic E-state index is -0.301. The third-order valence-corrected chi connectivity index (χ3v) is 3.35. The van der Waals surface area contributed by atoms with E-state index in [2.05, 4.69) is 17.0 Å². The van der Waals surface area contributed by atoms with E-state index in [4.69, 9.17) is 10.5 Å². The molecule has 1 heterocycles. The topological polar surface area (TPSA) is 66.0 Å². The molecule has 1 rings (SSSR count). The first-order valence-electron chi connectivity index (χ1n) is 5.74. The van der Waals surface area contributed by atoms with Crippen LogP contribution in [0.3, 0.4) is 0 Å². The smallest absolute Gasteiger partial charge is 0.138 e.